The Morgan fingerprint density at radius 1 is 1.28 bits per heavy atom. The highest BCUT2D eigenvalue weighted by atomic mass is 16.3. The van der Waals surface area contributed by atoms with Gasteiger partial charge in [-0.1, -0.05) is 20.8 Å². The molecule has 18 heavy (non-hydrogen) atoms. The number of hydrogen-bond donors (Lipinski definition) is 1. The van der Waals surface area contributed by atoms with Crippen molar-refractivity contribution in [1.29, 1.82) is 0 Å². The monoisotopic (exact) mass is 250 g/mol. The van der Waals surface area contributed by atoms with Crippen molar-refractivity contribution in [2.45, 2.75) is 52.6 Å². The van der Waals surface area contributed by atoms with Gasteiger partial charge in [0.2, 0.25) is 0 Å². The fourth-order valence-corrected chi connectivity index (χ4v) is 3.17. The van der Waals surface area contributed by atoms with Crippen molar-refractivity contribution in [3.8, 4) is 0 Å². The van der Waals surface area contributed by atoms with Crippen molar-refractivity contribution in [3.05, 3.63) is 18.0 Å². The van der Waals surface area contributed by atoms with Crippen molar-refractivity contribution in [1.82, 2.24) is 9.78 Å². The van der Waals surface area contributed by atoms with Gasteiger partial charge in [0.25, 0.3) is 0 Å². The van der Waals surface area contributed by atoms with E-state index in [1.165, 1.54) is 12.8 Å². The summed E-state index contributed by atoms with van der Waals surface area (Å²) in [6, 6.07) is 0. The van der Waals surface area contributed by atoms with Gasteiger partial charge in [-0.05, 0) is 42.9 Å². The first-order valence-electron chi connectivity index (χ1n) is 7.04. The van der Waals surface area contributed by atoms with Gasteiger partial charge >= 0.3 is 0 Å². The third kappa shape index (κ3) is 2.94. The molecule has 1 atom stereocenters. The standard InChI is InChI=1S/C15H26N2O/c1-15(2,3)13-7-5-11(6-8-13)14(18)12-9-16-17(4)10-12/h9-11,13-14,18H,5-8H2,1-4H3. The molecule has 3 nitrogen and oxygen atoms in total. The number of aliphatic hydroxyl groups is 1. The predicted octanol–water partition coefficient (Wildman–Crippen LogP) is 3.31. The maximum absolute atomic E-state index is 10.4. The lowest BCUT2D eigenvalue weighted by atomic mass is 9.68. The minimum absolute atomic E-state index is 0.334. The van der Waals surface area contributed by atoms with E-state index in [1.54, 1.807) is 10.9 Å². The van der Waals surface area contributed by atoms with E-state index in [9.17, 15) is 5.11 Å². The Labute approximate surface area is 110 Å². The van der Waals surface area contributed by atoms with E-state index in [1.807, 2.05) is 13.2 Å². The van der Waals surface area contributed by atoms with Crippen molar-refractivity contribution in [3.63, 3.8) is 0 Å². The Hall–Kier alpha value is -0.830. The molecule has 2 rings (SSSR count). The first-order chi connectivity index (χ1) is 8.38. The highest BCUT2D eigenvalue weighted by molar-refractivity contribution is 5.09. The van der Waals surface area contributed by atoms with Crippen molar-refractivity contribution >= 4 is 0 Å². The molecule has 102 valence electrons. The molecule has 1 aromatic rings. The molecule has 3 heteroatoms. The Bertz CT molecular complexity index is 383. The van der Waals surface area contributed by atoms with E-state index >= 15 is 0 Å². The van der Waals surface area contributed by atoms with Crippen molar-refractivity contribution in [2.24, 2.45) is 24.3 Å². The Kier molecular flexibility index (Phi) is 3.81. The van der Waals surface area contributed by atoms with Crippen molar-refractivity contribution in [2.75, 3.05) is 0 Å². The summed E-state index contributed by atoms with van der Waals surface area (Å²) in [6.45, 7) is 6.99. The van der Waals surface area contributed by atoms with Gasteiger partial charge in [0.1, 0.15) is 0 Å². The normalized spacial score (nSPS) is 27.2. The molecule has 1 heterocycles. The molecule has 0 bridgehead atoms. The molecule has 1 unspecified atom stereocenters. The molecule has 1 fully saturated rings. The second-order valence-electron chi connectivity index (χ2n) is 6.87. The maximum Gasteiger partial charge on any atom is 0.0848 e. The van der Waals surface area contributed by atoms with Gasteiger partial charge in [0, 0.05) is 18.8 Å². The zero-order valence-corrected chi connectivity index (χ0v) is 12.1. The van der Waals surface area contributed by atoms with Crippen LogP contribution in [0, 0.1) is 17.3 Å². The lowest BCUT2D eigenvalue weighted by molar-refractivity contribution is 0.0528. The molecular weight excluding hydrogens is 224 g/mol. The van der Waals surface area contributed by atoms with Gasteiger partial charge in [-0.25, -0.2) is 0 Å². The molecule has 1 aromatic heterocycles. The van der Waals surface area contributed by atoms with Gasteiger partial charge < -0.3 is 5.11 Å². The quantitative estimate of drug-likeness (QED) is 0.874. The Morgan fingerprint density at radius 3 is 2.33 bits per heavy atom. The van der Waals surface area contributed by atoms with Crippen LogP contribution in [-0.4, -0.2) is 14.9 Å². The highest BCUT2D eigenvalue weighted by Gasteiger charge is 2.32. The third-order valence-electron chi connectivity index (χ3n) is 4.51. The minimum Gasteiger partial charge on any atom is -0.388 e. The first-order valence-corrected chi connectivity index (χ1v) is 7.04. The van der Waals surface area contributed by atoms with Gasteiger partial charge in [-0.2, -0.15) is 5.10 Å². The summed E-state index contributed by atoms with van der Waals surface area (Å²) in [5.41, 5.74) is 1.38. The zero-order chi connectivity index (χ0) is 13.3. The van der Waals surface area contributed by atoms with Gasteiger partial charge in [0.15, 0.2) is 0 Å². The van der Waals surface area contributed by atoms with Crippen LogP contribution in [0.1, 0.15) is 58.1 Å². The average molecular weight is 250 g/mol. The van der Waals surface area contributed by atoms with Crippen molar-refractivity contribution < 1.29 is 5.11 Å². The number of aryl methyl sites for hydroxylation is 1. The van der Waals surface area contributed by atoms with Gasteiger partial charge in [-0.15, -0.1) is 0 Å². The lowest BCUT2D eigenvalue weighted by Gasteiger charge is -2.38. The molecule has 0 spiro atoms. The van der Waals surface area contributed by atoms with Crippen LogP contribution >= 0.6 is 0 Å². The molecular formula is C15H26N2O. The van der Waals surface area contributed by atoms with E-state index in [0.717, 1.165) is 24.3 Å². The van der Waals surface area contributed by atoms with Crippen LogP contribution in [0.4, 0.5) is 0 Å². The van der Waals surface area contributed by atoms with Crippen LogP contribution < -0.4 is 0 Å². The number of aromatic nitrogens is 2. The van der Waals surface area contributed by atoms with E-state index < -0.39 is 0 Å². The second kappa shape index (κ2) is 5.04. The summed E-state index contributed by atoms with van der Waals surface area (Å²) in [4.78, 5) is 0. The van der Waals surface area contributed by atoms with Crippen LogP contribution in [-0.2, 0) is 7.05 Å². The van der Waals surface area contributed by atoms with Crippen LogP contribution in [0.5, 0.6) is 0 Å². The summed E-state index contributed by atoms with van der Waals surface area (Å²) >= 11 is 0. The topological polar surface area (TPSA) is 38.0 Å². The number of aliphatic hydroxyl groups excluding tert-OH is 1. The predicted molar refractivity (Wildman–Crippen MR) is 73.1 cm³/mol. The summed E-state index contributed by atoms with van der Waals surface area (Å²) in [5, 5.41) is 14.5. The molecule has 0 radical (unpaired) electrons. The minimum atomic E-state index is -0.334. The molecule has 0 saturated heterocycles. The number of nitrogens with zero attached hydrogens (tertiary/aromatic N) is 2. The molecule has 1 aliphatic carbocycles. The van der Waals surface area contributed by atoms with Crippen LogP contribution in [0.2, 0.25) is 0 Å². The van der Waals surface area contributed by atoms with E-state index in [0.29, 0.717) is 11.3 Å². The van der Waals surface area contributed by atoms with E-state index in [-0.39, 0.29) is 6.10 Å². The fourth-order valence-electron chi connectivity index (χ4n) is 3.17. The molecule has 0 amide bonds. The van der Waals surface area contributed by atoms with E-state index in [4.69, 9.17) is 0 Å². The van der Waals surface area contributed by atoms with Crippen LogP contribution in [0.25, 0.3) is 0 Å². The molecule has 1 aliphatic rings. The molecule has 1 saturated carbocycles. The molecule has 1 N–H and O–H groups in total. The SMILES string of the molecule is Cn1cc(C(O)C2CCC(C(C)(C)C)CC2)cn1. The summed E-state index contributed by atoms with van der Waals surface area (Å²) < 4.78 is 1.76. The number of rotatable bonds is 2. The molecule has 0 aliphatic heterocycles. The van der Waals surface area contributed by atoms with Crippen LogP contribution in [0.15, 0.2) is 12.4 Å². The average Bonchev–Trinajstić information content (AvgIpc) is 2.74. The largest absolute Gasteiger partial charge is 0.388 e. The van der Waals surface area contributed by atoms with Gasteiger partial charge in [-0.3, -0.25) is 4.68 Å². The first kappa shape index (κ1) is 13.6. The fraction of sp³-hybridized carbons (Fsp3) is 0.800. The maximum atomic E-state index is 10.4. The Morgan fingerprint density at radius 2 is 1.89 bits per heavy atom. The summed E-state index contributed by atoms with van der Waals surface area (Å²) in [5.74, 6) is 1.21. The summed E-state index contributed by atoms with van der Waals surface area (Å²) in [7, 11) is 1.90. The van der Waals surface area contributed by atoms with E-state index in [2.05, 4.69) is 25.9 Å². The highest BCUT2D eigenvalue weighted by Crippen LogP contribution is 2.43. The Balaban J connectivity index is 1.94. The lowest BCUT2D eigenvalue weighted by Crippen LogP contribution is -2.28. The van der Waals surface area contributed by atoms with Gasteiger partial charge in [0.05, 0.1) is 12.3 Å². The molecule has 0 aromatic carbocycles. The van der Waals surface area contributed by atoms with Crippen LogP contribution in [0.3, 0.4) is 0 Å². The third-order valence-corrected chi connectivity index (χ3v) is 4.51. The summed E-state index contributed by atoms with van der Waals surface area (Å²) in [6.07, 6.45) is 8.15. The second-order valence-corrected chi connectivity index (χ2v) is 6.87. The smallest absolute Gasteiger partial charge is 0.0848 e. The number of hydrogen-bond acceptors (Lipinski definition) is 2. The zero-order valence-electron chi connectivity index (χ0n) is 12.1.